The second-order valence-electron chi connectivity index (χ2n) is 3.38. The first-order valence-electron chi connectivity index (χ1n) is 5.06. The summed E-state index contributed by atoms with van der Waals surface area (Å²) >= 11 is 0. The van der Waals surface area contributed by atoms with Crippen LogP contribution in [-0.4, -0.2) is 5.97 Å². The van der Waals surface area contributed by atoms with E-state index in [1.54, 1.807) is 22.9 Å². The third-order valence-electron chi connectivity index (χ3n) is 2.26. The number of rotatable bonds is 5. The summed E-state index contributed by atoms with van der Waals surface area (Å²) in [7, 11) is 0. The molecule has 1 aromatic heterocycles. The highest BCUT2D eigenvalue weighted by Crippen LogP contribution is 2.02. The van der Waals surface area contributed by atoms with Crippen LogP contribution in [-0.2, 0) is 6.54 Å². The van der Waals surface area contributed by atoms with E-state index in [9.17, 15) is 9.90 Å². The first-order valence-corrected chi connectivity index (χ1v) is 5.06. The molecule has 3 heteroatoms. The van der Waals surface area contributed by atoms with Crippen LogP contribution in [0.1, 0.15) is 35.8 Å². The van der Waals surface area contributed by atoms with Gasteiger partial charge in [-0.05, 0) is 5.56 Å². The Balaban J connectivity index is 3.03. The number of aryl methyl sites for hydroxylation is 1. The topological polar surface area (TPSA) is 44.0 Å². The number of aromatic carboxylic acids is 1. The normalized spacial score (nSPS) is 9.93. The molecule has 0 saturated carbocycles. The van der Waals surface area contributed by atoms with E-state index in [-0.39, 0.29) is 5.69 Å². The first kappa shape index (κ1) is 11.4. The largest absolute Gasteiger partial charge is 0.539 e. The van der Waals surface area contributed by atoms with Crippen molar-refractivity contribution < 1.29 is 14.5 Å². The highest BCUT2D eigenvalue weighted by Gasteiger charge is 2.11. The van der Waals surface area contributed by atoms with Crippen molar-refractivity contribution in [3.05, 3.63) is 36.2 Å². The van der Waals surface area contributed by atoms with Gasteiger partial charge in [0.2, 0.25) is 5.69 Å². The van der Waals surface area contributed by atoms with Crippen LogP contribution >= 0.6 is 0 Å². The lowest BCUT2D eigenvalue weighted by Crippen LogP contribution is -2.44. The molecule has 0 amide bonds. The number of carbonyl (C=O) groups excluding carboxylic acids is 1. The number of aromatic nitrogens is 1. The van der Waals surface area contributed by atoms with Crippen LogP contribution in [0.3, 0.4) is 0 Å². The molecule has 0 atom stereocenters. The van der Waals surface area contributed by atoms with Crippen LogP contribution in [0.25, 0.3) is 6.08 Å². The molecule has 0 saturated heterocycles. The predicted molar refractivity (Wildman–Crippen MR) is 56.0 cm³/mol. The molecule has 0 N–H and O–H groups in total. The van der Waals surface area contributed by atoms with E-state index < -0.39 is 5.97 Å². The molecule has 0 bridgehead atoms. The van der Waals surface area contributed by atoms with Gasteiger partial charge < -0.3 is 9.90 Å². The van der Waals surface area contributed by atoms with E-state index >= 15 is 0 Å². The van der Waals surface area contributed by atoms with Gasteiger partial charge in [0.25, 0.3) is 0 Å². The van der Waals surface area contributed by atoms with Gasteiger partial charge in [0.1, 0.15) is 12.5 Å². The second-order valence-corrected chi connectivity index (χ2v) is 3.38. The highest BCUT2D eigenvalue weighted by atomic mass is 16.4. The van der Waals surface area contributed by atoms with Gasteiger partial charge in [0.15, 0.2) is 6.20 Å². The predicted octanol–water partition coefficient (Wildman–Crippen LogP) is 0.781. The lowest BCUT2D eigenvalue weighted by atomic mass is 10.2. The van der Waals surface area contributed by atoms with Crippen LogP contribution in [0, 0.1) is 0 Å². The molecule has 0 unspecified atom stereocenters. The maximum Gasteiger partial charge on any atom is 0.228 e. The number of carboxylic acid groups (broad SMARTS) is 1. The molecule has 0 aromatic carbocycles. The summed E-state index contributed by atoms with van der Waals surface area (Å²) in [5.74, 6) is -1.14. The first-order chi connectivity index (χ1) is 7.19. The highest BCUT2D eigenvalue weighted by molar-refractivity contribution is 5.82. The zero-order valence-corrected chi connectivity index (χ0v) is 8.90. The molecule has 15 heavy (non-hydrogen) atoms. The molecule has 1 heterocycles. The van der Waals surface area contributed by atoms with E-state index in [1.165, 1.54) is 0 Å². The Morgan fingerprint density at radius 3 is 2.93 bits per heavy atom. The average molecular weight is 205 g/mol. The molecular weight excluding hydrogens is 190 g/mol. The van der Waals surface area contributed by atoms with Crippen molar-refractivity contribution in [3.63, 3.8) is 0 Å². The molecule has 0 spiro atoms. The van der Waals surface area contributed by atoms with Crippen molar-refractivity contribution in [2.24, 2.45) is 0 Å². The Morgan fingerprint density at radius 2 is 2.40 bits per heavy atom. The molecule has 0 aliphatic rings. The van der Waals surface area contributed by atoms with Gasteiger partial charge in [0.05, 0.1) is 0 Å². The number of carboxylic acids is 1. The Labute approximate surface area is 89.7 Å². The standard InChI is InChI=1S/C12H15NO2/c1-3-5-7-13-8-6-10(4-2)9-11(13)12(14)15/h4,6,8-9H,2-3,5,7H2,1H3. The average Bonchev–Trinajstić information content (AvgIpc) is 2.26. The lowest BCUT2D eigenvalue weighted by Gasteiger charge is -2.04. The molecule has 0 aliphatic carbocycles. The van der Waals surface area contributed by atoms with Crippen molar-refractivity contribution in [3.8, 4) is 0 Å². The number of hydrogen-bond acceptors (Lipinski definition) is 2. The van der Waals surface area contributed by atoms with Crippen molar-refractivity contribution in [2.75, 3.05) is 0 Å². The fourth-order valence-electron chi connectivity index (χ4n) is 1.37. The van der Waals surface area contributed by atoms with Crippen LogP contribution in [0.4, 0.5) is 0 Å². The van der Waals surface area contributed by atoms with Crippen LogP contribution < -0.4 is 9.67 Å². The Hall–Kier alpha value is -1.64. The molecule has 1 rings (SSSR count). The number of hydrogen-bond donors (Lipinski definition) is 0. The summed E-state index contributed by atoms with van der Waals surface area (Å²) in [6.07, 6.45) is 5.37. The Morgan fingerprint density at radius 1 is 1.67 bits per heavy atom. The third kappa shape index (κ3) is 2.91. The molecule has 3 nitrogen and oxygen atoms in total. The van der Waals surface area contributed by atoms with Crippen molar-refractivity contribution in [2.45, 2.75) is 26.3 Å². The summed E-state index contributed by atoms with van der Waals surface area (Å²) < 4.78 is 1.70. The number of unbranched alkanes of at least 4 members (excludes halogenated alkanes) is 1. The van der Waals surface area contributed by atoms with Crippen LogP contribution in [0.5, 0.6) is 0 Å². The summed E-state index contributed by atoms with van der Waals surface area (Å²) in [6, 6.07) is 3.42. The number of pyridine rings is 1. The van der Waals surface area contributed by atoms with Gasteiger partial charge >= 0.3 is 0 Å². The monoisotopic (exact) mass is 205 g/mol. The van der Waals surface area contributed by atoms with Gasteiger partial charge in [-0.15, -0.1) is 0 Å². The quantitative estimate of drug-likeness (QED) is 0.667. The van der Waals surface area contributed by atoms with Crippen molar-refractivity contribution in [1.29, 1.82) is 0 Å². The van der Waals surface area contributed by atoms with Crippen molar-refractivity contribution >= 4 is 12.0 Å². The zero-order chi connectivity index (χ0) is 11.3. The molecule has 80 valence electrons. The van der Waals surface area contributed by atoms with Crippen molar-refractivity contribution in [1.82, 2.24) is 0 Å². The zero-order valence-electron chi connectivity index (χ0n) is 8.90. The van der Waals surface area contributed by atoms with Gasteiger partial charge in [-0.2, -0.15) is 4.57 Å². The minimum absolute atomic E-state index is 0.209. The molecule has 0 aliphatic heterocycles. The van der Waals surface area contributed by atoms with E-state index in [2.05, 4.69) is 13.5 Å². The fourth-order valence-corrected chi connectivity index (χ4v) is 1.37. The molecule has 0 fully saturated rings. The summed E-state index contributed by atoms with van der Waals surface area (Å²) in [4.78, 5) is 10.9. The molecule has 0 radical (unpaired) electrons. The minimum atomic E-state index is -1.14. The van der Waals surface area contributed by atoms with E-state index in [0.29, 0.717) is 6.54 Å². The summed E-state index contributed by atoms with van der Waals surface area (Å²) in [6.45, 7) is 6.37. The Bertz CT molecular complexity index is 372. The minimum Gasteiger partial charge on any atom is -0.539 e. The van der Waals surface area contributed by atoms with Crippen LogP contribution in [0.2, 0.25) is 0 Å². The second kappa shape index (κ2) is 5.29. The molecule has 1 aromatic rings. The lowest BCUT2D eigenvalue weighted by molar-refractivity contribution is -0.701. The van der Waals surface area contributed by atoms with Gasteiger partial charge in [-0.1, -0.05) is 26.0 Å². The van der Waals surface area contributed by atoms with Gasteiger partial charge in [0, 0.05) is 18.6 Å². The maximum absolute atomic E-state index is 10.9. The van der Waals surface area contributed by atoms with E-state index in [1.807, 2.05) is 6.07 Å². The SMILES string of the molecule is C=Cc1cc[n+](CCCC)c(C(=O)[O-])c1. The van der Waals surface area contributed by atoms with Gasteiger partial charge in [-0.3, -0.25) is 0 Å². The van der Waals surface area contributed by atoms with E-state index in [4.69, 9.17) is 0 Å². The molecular formula is C12H15NO2. The Kier molecular flexibility index (Phi) is 4.03. The third-order valence-corrected chi connectivity index (χ3v) is 2.26. The number of nitrogens with zero attached hydrogens (tertiary/aromatic N) is 1. The van der Waals surface area contributed by atoms with Gasteiger partial charge in [-0.25, -0.2) is 0 Å². The number of carbonyl (C=O) groups is 1. The maximum atomic E-state index is 10.9. The van der Waals surface area contributed by atoms with E-state index in [0.717, 1.165) is 18.4 Å². The fraction of sp³-hybridized carbons (Fsp3) is 0.333. The summed E-state index contributed by atoms with van der Waals surface area (Å²) in [5.41, 5.74) is 1.00. The smallest absolute Gasteiger partial charge is 0.228 e. The van der Waals surface area contributed by atoms with Crippen LogP contribution in [0.15, 0.2) is 24.9 Å². The summed E-state index contributed by atoms with van der Waals surface area (Å²) in [5, 5.41) is 10.9.